The number of aromatic nitrogens is 1. The van der Waals surface area contributed by atoms with Crippen LogP contribution in [0.2, 0.25) is 0 Å². The SMILES string of the molecule is CC.CC(C)Oc1ccc(N)c(-c2cc(C(=O)NCc3cccc(C(F)(F)F)c3)ccn2)c1. The van der Waals surface area contributed by atoms with E-state index in [1.807, 2.05) is 27.7 Å². The minimum atomic E-state index is -4.44. The number of carbonyl (C=O) groups excluding carboxylic acids is 1. The van der Waals surface area contributed by atoms with E-state index in [0.29, 0.717) is 33.8 Å². The second-order valence-electron chi connectivity index (χ2n) is 7.23. The van der Waals surface area contributed by atoms with Crippen LogP contribution in [0.1, 0.15) is 49.2 Å². The lowest BCUT2D eigenvalue weighted by Crippen LogP contribution is -2.23. The van der Waals surface area contributed by atoms with E-state index in [9.17, 15) is 18.0 Å². The lowest BCUT2D eigenvalue weighted by molar-refractivity contribution is -0.137. The molecule has 3 N–H and O–H groups in total. The van der Waals surface area contributed by atoms with E-state index in [4.69, 9.17) is 10.5 Å². The summed E-state index contributed by atoms with van der Waals surface area (Å²) in [6.45, 7) is 7.77. The van der Waals surface area contributed by atoms with E-state index in [-0.39, 0.29) is 12.6 Å². The lowest BCUT2D eigenvalue weighted by Gasteiger charge is -2.13. The fraction of sp³-hybridized carbons (Fsp3) is 0.280. The normalized spacial score (nSPS) is 10.9. The zero-order valence-electron chi connectivity index (χ0n) is 19.0. The summed E-state index contributed by atoms with van der Waals surface area (Å²) < 4.78 is 44.3. The van der Waals surface area contributed by atoms with Gasteiger partial charge in [0.1, 0.15) is 5.75 Å². The highest BCUT2D eigenvalue weighted by Crippen LogP contribution is 2.30. The molecule has 0 aliphatic carbocycles. The van der Waals surface area contributed by atoms with Crippen molar-refractivity contribution in [1.82, 2.24) is 10.3 Å². The molecule has 0 spiro atoms. The molecule has 8 heteroatoms. The van der Waals surface area contributed by atoms with E-state index in [1.165, 1.54) is 24.4 Å². The molecule has 0 fully saturated rings. The van der Waals surface area contributed by atoms with Gasteiger partial charge in [-0.1, -0.05) is 26.0 Å². The Balaban J connectivity index is 0.00000187. The number of amides is 1. The molecule has 0 saturated carbocycles. The van der Waals surface area contributed by atoms with E-state index in [2.05, 4.69) is 10.3 Å². The van der Waals surface area contributed by atoms with Gasteiger partial charge in [0, 0.05) is 29.6 Å². The van der Waals surface area contributed by atoms with Crippen molar-refractivity contribution in [2.75, 3.05) is 5.73 Å². The van der Waals surface area contributed by atoms with Gasteiger partial charge in [-0.3, -0.25) is 9.78 Å². The number of rotatable bonds is 6. The fourth-order valence-corrected chi connectivity index (χ4v) is 2.96. The highest BCUT2D eigenvalue weighted by Gasteiger charge is 2.30. The van der Waals surface area contributed by atoms with Crippen LogP contribution in [0.3, 0.4) is 0 Å². The Morgan fingerprint density at radius 2 is 1.82 bits per heavy atom. The zero-order valence-corrected chi connectivity index (χ0v) is 19.0. The molecule has 0 unspecified atom stereocenters. The number of hydrogen-bond donors (Lipinski definition) is 2. The molecular weight excluding hydrogens is 431 g/mol. The third-order valence-corrected chi connectivity index (χ3v) is 4.40. The molecule has 0 aliphatic rings. The molecule has 1 amide bonds. The van der Waals surface area contributed by atoms with Crippen LogP contribution < -0.4 is 15.8 Å². The summed E-state index contributed by atoms with van der Waals surface area (Å²) in [6.07, 6.45) is -2.98. The van der Waals surface area contributed by atoms with E-state index in [0.717, 1.165) is 12.1 Å². The summed E-state index contributed by atoms with van der Waals surface area (Å²) in [6, 6.07) is 13.1. The van der Waals surface area contributed by atoms with Crippen molar-refractivity contribution in [3.63, 3.8) is 0 Å². The van der Waals surface area contributed by atoms with Gasteiger partial charge in [-0.15, -0.1) is 0 Å². The van der Waals surface area contributed by atoms with Gasteiger partial charge in [0.2, 0.25) is 0 Å². The Labute approximate surface area is 191 Å². The van der Waals surface area contributed by atoms with Crippen LogP contribution in [0, 0.1) is 0 Å². The first-order chi connectivity index (χ1) is 15.6. The first kappa shape index (κ1) is 25.7. The molecule has 1 aromatic heterocycles. The molecule has 0 bridgehead atoms. The topological polar surface area (TPSA) is 77.2 Å². The molecule has 2 aromatic carbocycles. The maximum absolute atomic E-state index is 12.9. The summed E-state index contributed by atoms with van der Waals surface area (Å²) >= 11 is 0. The molecule has 33 heavy (non-hydrogen) atoms. The van der Waals surface area contributed by atoms with Gasteiger partial charge >= 0.3 is 6.18 Å². The number of nitrogen functional groups attached to an aromatic ring is 1. The molecule has 0 aliphatic heterocycles. The largest absolute Gasteiger partial charge is 0.491 e. The van der Waals surface area contributed by atoms with Crippen LogP contribution in [0.15, 0.2) is 60.8 Å². The van der Waals surface area contributed by atoms with Crippen LogP contribution in [0.25, 0.3) is 11.3 Å². The minimum absolute atomic E-state index is 0.0163. The lowest BCUT2D eigenvalue weighted by atomic mass is 10.1. The quantitative estimate of drug-likeness (QED) is 0.437. The van der Waals surface area contributed by atoms with Crippen molar-refractivity contribution in [2.45, 2.75) is 46.5 Å². The Kier molecular flexibility index (Phi) is 8.85. The second kappa shape index (κ2) is 11.4. The van der Waals surface area contributed by atoms with Crippen molar-refractivity contribution in [2.24, 2.45) is 0 Å². The predicted molar refractivity (Wildman–Crippen MR) is 124 cm³/mol. The highest BCUT2D eigenvalue weighted by atomic mass is 19.4. The Hall–Kier alpha value is -3.55. The maximum atomic E-state index is 12.9. The molecule has 0 atom stereocenters. The summed E-state index contributed by atoms with van der Waals surface area (Å²) in [5.41, 5.74) is 7.55. The van der Waals surface area contributed by atoms with Gasteiger partial charge in [0.05, 0.1) is 17.4 Å². The summed E-state index contributed by atoms with van der Waals surface area (Å²) in [7, 11) is 0. The number of nitrogens with two attached hydrogens (primary N) is 1. The zero-order chi connectivity index (χ0) is 24.6. The van der Waals surface area contributed by atoms with Crippen molar-refractivity contribution < 1.29 is 22.7 Å². The summed E-state index contributed by atoms with van der Waals surface area (Å²) in [5, 5.41) is 2.63. The number of anilines is 1. The van der Waals surface area contributed by atoms with Gasteiger partial charge < -0.3 is 15.8 Å². The number of nitrogens with one attached hydrogen (secondary N) is 1. The van der Waals surface area contributed by atoms with Crippen LogP contribution in [0.4, 0.5) is 18.9 Å². The average Bonchev–Trinajstić information content (AvgIpc) is 2.79. The molecule has 3 aromatic rings. The van der Waals surface area contributed by atoms with Gasteiger partial charge in [-0.25, -0.2) is 0 Å². The summed E-state index contributed by atoms with van der Waals surface area (Å²) in [4.78, 5) is 16.9. The van der Waals surface area contributed by atoms with E-state index < -0.39 is 17.6 Å². The second-order valence-corrected chi connectivity index (χ2v) is 7.23. The van der Waals surface area contributed by atoms with Gasteiger partial charge in [0.25, 0.3) is 5.91 Å². The standard InChI is InChI=1S/C23H22F3N3O2.C2H6/c1-14(2)31-18-6-7-20(27)19(12-18)21-11-16(8-9-28-21)22(30)29-13-15-4-3-5-17(10-15)23(24,25)26;1-2/h3-12,14H,13,27H2,1-2H3,(H,29,30);1-2H3. The third-order valence-electron chi connectivity index (χ3n) is 4.40. The first-order valence-electron chi connectivity index (χ1n) is 10.6. The number of benzene rings is 2. The van der Waals surface area contributed by atoms with Gasteiger partial charge in [-0.2, -0.15) is 13.2 Å². The molecule has 0 saturated heterocycles. The minimum Gasteiger partial charge on any atom is -0.491 e. The van der Waals surface area contributed by atoms with Crippen molar-refractivity contribution >= 4 is 11.6 Å². The van der Waals surface area contributed by atoms with Crippen LogP contribution in [-0.4, -0.2) is 17.0 Å². The molecule has 5 nitrogen and oxygen atoms in total. The van der Waals surface area contributed by atoms with Crippen LogP contribution >= 0.6 is 0 Å². The Morgan fingerprint density at radius 3 is 2.48 bits per heavy atom. The molecule has 176 valence electrons. The van der Waals surface area contributed by atoms with Gasteiger partial charge in [0.15, 0.2) is 0 Å². The van der Waals surface area contributed by atoms with Crippen molar-refractivity contribution in [3.05, 3.63) is 77.5 Å². The predicted octanol–water partition coefficient (Wildman–Crippen LogP) is 6.09. The van der Waals surface area contributed by atoms with Crippen LogP contribution in [0.5, 0.6) is 5.75 Å². The smallest absolute Gasteiger partial charge is 0.416 e. The molecular formula is C25H28F3N3O2. The van der Waals surface area contributed by atoms with Crippen molar-refractivity contribution in [3.8, 4) is 17.0 Å². The monoisotopic (exact) mass is 459 g/mol. The number of alkyl halides is 3. The van der Waals surface area contributed by atoms with Crippen LogP contribution in [-0.2, 0) is 12.7 Å². The fourth-order valence-electron chi connectivity index (χ4n) is 2.96. The molecule has 1 heterocycles. The van der Waals surface area contributed by atoms with E-state index in [1.54, 1.807) is 24.3 Å². The van der Waals surface area contributed by atoms with Crippen molar-refractivity contribution in [1.29, 1.82) is 0 Å². The third kappa shape index (κ3) is 7.24. The first-order valence-corrected chi connectivity index (χ1v) is 10.6. The molecule has 3 rings (SSSR count). The number of pyridine rings is 1. The number of nitrogens with zero attached hydrogens (tertiary/aromatic N) is 1. The highest BCUT2D eigenvalue weighted by molar-refractivity contribution is 5.95. The summed E-state index contributed by atoms with van der Waals surface area (Å²) in [5.74, 6) is 0.189. The van der Waals surface area contributed by atoms with E-state index >= 15 is 0 Å². The number of carbonyl (C=O) groups is 1. The number of halogens is 3. The molecule has 0 radical (unpaired) electrons. The Bertz CT molecular complexity index is 1080. The average molecular weight is 460 g/mol. The van der Waals surface area contributed by atoms with Gasteiger partial charge in [-0.05, 0) is 61.9 Å². The maximum Gasteiger partial charge on any atom is 0.416 e. The number of hydrogen-bond acceptors (Lipinski definition) is 4. The number of ether oxygens (including phenoxy) is 1. The Morgan fingerprint density at radius 1 is 1.09 bits per heavy atom.